The predicted octanol–water partition coefficient (Wildman–Crippen LogP) is 3.78. The SMILES string of the molecule is CCC(CC)c1c(C=O)nnn1-c1ccc(F)c(Cl)c1. The van der Waals surface area contributed by atoms with Crippen LogP contribution in [0.2, 0.25) is 5.02 Å². The van der Waals surface area contributed by atoms with Crippen LogP contribution in [0.4, 0.5) is 4.39 Å². The number of rotatable bonds is 5. The maximum atomic E-state index is 13.2. The Labute approximate surface area is 121 Å². The van der Waals surface area contributed by atoms with Crippen molar-refractivity contribution in [1.82, 2.24) is 15.0 Å². The zero-order valence-corrected chi connectivity index (χ0v) is 12.1. The number of aromatic nitrogens is 3. The lowest BCUT2D eigenvalue weighted by atomic mass is 9.97. The summed E-state index contributed by atoms with van der Waals surface area (Å²) >= 11 is 5.80. The first-order chi connectivity index (χ1) is 9.62. The molecule has 0 aliphatic carbocycles. The Hall–Kier alpha value is -1.75. The van der Waals surface area contributed by atoms with E-state index in [-0.39, 0.29) is 10.9 Å². The molecule has 1 aromatic heterocycles. The standard InChI is InChI=1S/C14H15ClFN3O/c1-3-9(4-2)14-13(8-20)17-18-19(14)10-5-6-12(16)11(15)7-10/h5-9H,3-4H2,1-2H3. The van der Waals surface area contributed by atoms with Crippen molar-refractivity contribution < 1.29 is 9.18 Å². The molecule has 0 N–H and O–H groups in total. The molecule has 0 radical (unpaired) electrons. The molecule has 0 amide bonds. The molecule has 1 heterocycles. The molecule has 0 saturated heterocycles. The van der Waals surface area contributed by atoms with E-state index in [1.54, 1.807) is 10.7 Å². The lowest BCUT2D eigenvalue weighted by Gasteiger charge is -2.15. The van der Waals surface area contributed by atoms with Crippen LogP contribution in [0, 0.1) is 5.82 Å². The second kappa shape index (κ2) is 6.13. The number of halogens is 2. The molecule has 1 aromatic carbocycles. The highest BCUT2D eigenvalue weighted by molar-refractivity contribution is 6.30. The van der Waals surface area contributed by atoms with Crippen molar-refractivity contribution in [3.8, 4) is 5.69 Å². The fourth-order valence-electron chi connectivity index (χ4n) is 2.25. The van der Waals surface area contributed by atoms with Crippen molar-refractivity contribution in [2.75, 3.05) is 0 Å². The first kappa shape index (κ1) is 14.7. The Morgan fingerprint density at radius 2 is 2.10 bits per heavy atom. The zero-order valence-electron chi connectivity index (χ0n) is 11.3. The van der Waals surface area contributed by atoms with Crippen LogP contribution in [0.3, 0.4) is 0 Å². The predicted molar refractivity (Wildman–Crippen MR) is 75.0 cm³/mol. The molecular formula is C14H15ClFN3O. The molecule has 20 heavy (non-hydrogen) atoms. The van der Waals surface area contributed by atoms with Gasteiger partial charge in [0.1, 0.15) is 11.5 Å². The summed E-state index contributed by atoms with van der Waals surface area (Å²) in [6.45, 7) is 4.08. The monoisotopic (exact) mass is 295 g/mol. The third kappa shape index (κ3) is 2.58. The van der Waals surface area contributed by atoms with Crippen molar-refractivity contribution >= 4 is 17.9 Å². The van der Waals surface area contributed by atoms with Crippen LogP contribution in [-0.4, -0.2) is 21.3 Å². The Bertz CT molecular complexity index is 623. The summed E-state index contributed by atoms with van der Waals surface area (Å²) < 4.78 is 14.8. The summed E-state index contributed by atoms with van der Waals surface area (Å²) in [4.78, 5) is 11.1. The van der Waals surface area contributed by atoms with Gasteiger partial charge in [0, 0.05) is 5.92 Å². The Kier molecular flexibility index (Phi) is 4.49. The maximum absolute atomic E-state index is 13.2. The van der Waals surface area contributed by atoms with E-state index in [9.17, 15) is 9.18 Å². The first-order valence-corrected chi connectivity index (χ1v) is 6.86. The van der Waals surface area contributed by atoms with E-state index in [0.717, 1.165) is 18.5 Å². The van der Waals surface area contributed by atoms with Gasteiger partial charge in [0.25, 0.3) is 0 Å². The van der Waals surface area contributed by atoms with Crippen LogP contribution in [0.1, 0.15) is 48.8 Å². The van der Waals surface area contributed by atoms with Crippen LogP contribution >= 0.6 is 11.6 Å². The van der Waals surface area contributed by atoms with E-state index in [1.807, 2.05) is 13.8 Å². The van der Waals surface area contributed by atoms with Gasteiger partial charge in [-0.15, -0.1) is 5.10 Å². The van der Waals surface area contributed by atoms with Gasteiger partial charge in [0.05, 0.1) is 16.4 Å². The fourth-order valence-corrected chi connectivity index (χ4v) is 2.42. The molecule has 106 valence electrons. The molecule has 0 aliphatic heterocycles. The third-order valence-corrected chi connectivity index (χ3v) is 3.65. The molecule has 0 aliphatic rings. The van der Waals surface area contributed by atoms with Gasteiger partial charge in [-0.25, -0.2) is 9.07 Å². The number of carbonyl (C=O) groups excluding carboxylic acids is 1. The Morgan fingerprint density at radius 1 is 1.40 bits per heavy atom. The maximum Gasteiger partial charge on any atom is 0.172 e. The lowest BCUT2D eigenvalue weighted by molar-refractivity contribution is 0.111. The van der Waals surface area contributed by atoms with Gasteiger partial charge in [-0.1, -0.05) is 30.7 Å². The molecular weight excluding hydrogens is 281 g/mol. The number of hydrogen-bond acceptors (Lipinski definition) is 3. The summed E-state index contributed by atoms with van der Waals surface area (Å²) in [5, 5.41) is 7.90. The molecule has 0 atom stereocenters. The highest BCUT2D eigenvalue weighted by Gasteiger charge is 2.21. The quantitative estimate of drug-likeness (QED) is 0.789. The fraction of sp³-hybridized carbons (Fsp3) is 0.357. The van der Waals surface area contributed by atoms with Gasteiger partial charge in [-0.3, -0.25) is 4.79 Å². The minimum absolute atomic E-state index is 0.0150. The molecule has 0 unspecified atom stereocenters. The molecule has 0 saturated carbocycles. The van der Waals surface area contributed by atoms with Gasteiger partial charge < -0.3 is 0 Å². The first-order valence-electron chi connectivity index (χ1n) is 6.48. The molecule has 0 fully saturated rings. The summed E-state index contributed by atoms with van der Waals surface area (Å²) in [6, 6.07) is 4.32. The van der Waals surface area contributed by atoms with Crippen molar-refractivity contribution in [2.45, 2.75) is 32.6 Å². The molecule has 6 heteroatoms. The van der Waals surface area contributed by atoms with Gasteiger partial charge in [0.15, 0.2) is 6.29 Å². The second-order valence-electron chi connectivity index (χ2n) is 4.50. The van der Waals surface area contributed by atoms with Crippen molar-refractivity contribution in [3.63, 3.8) is 0 Å². The number of benzene rings is 1. The number of carbonyl (C=O) groups is 1. The smallest absolute Gasteiger partial charge is 0.172 e. The number of nitrogens with zero attached hydrogens (tertiary/aromatic N) is 3. The highest BCUT2D eigenvalue weighted by atomic mass is 35.5. The Balaban J connectivity index is 2.58. The van der Waals surface area contributed by atoms with Gasteiger partial charge >= 0.3 is 0 Å². The van der Waals surface area contributed by atoms with Crippen LogP contribution < -0.4 is 0 Å². The van der Waals surface area contributed by atoms with Gasteiger partial charge in [-0.2, -0.15) is 0 Å². The van der Waals surface area contributed by atoms with E-state index in [2.05, 4.69) is 10.3 Å². The topological polar surface area (TPSA) is 47.8 Å². The molecule has 2 aromatic rings. The van der Waals surface area contributed by atoms with Crippen LogP contribution in [0.25, 0.3) is 5.69 Å². The largest absolute Gasteiger partial charge is 0.296 e. The summed E-state index contributed by atoms with van der Waals surface area (Å²) in [6.07, 6.45) is 2.42. The van der Waals surface area contributed by atoms with Gasteiger partial charge in [-0.05, 0) is 31.0 Å². The summed E-state index contributed by atoms with van der Waals surface area (Å²) in [5.41, 5.74) is 1.66. The van der Waals surface area contributed by atoms with Crippen LogP contribution in [0.15, 0.2) is 18.2 Å². The van der Waals surface area contributed by atoms with E-state index < -0.39 is 5.82 Å². The normalized spacial score (nSPS) is 11.1. The van der Waals surface area contributed by atoms with Crippen LogP contribution in [-0.2, 0) is 0 Å². The zero-order chi connectivity index (χ0) is 14.7. The second-order valence-corrected chi connectivity index (χ2v) is 4.91. The van der Waals surface area contributed by atoms with Gasteiger partial charge in [0.2, 0.25) is 0 Å². The van der Waals surface area contributed by atoms with Crippen molar-refractivity contribution in [1.29, 1.82) is 0 Å². The Morgan fingerprint density at radius 3 is 2.65 bits per heavy atom. The minimum atomic E-state index is -0.491. The summed E-state index contributed by atoms with van der Waals surface area (Å²) in [5.74, 6) is -0.329. The number of hydrogen-bond donors (Lipinski definition) is 0. The third-order valence-electron chi connectivity index (χ3n) is 3.36. The molecule has 0 spiro atoms. The summed E-state index contributed by atoms with van der Waals surface area (Å²) in [7, 11) is 0. The average molecular weight is 296 g/mol. The van der Waals surface area contributed by atoms with E-state index in [0.29, 0.717) is 17.7 Å². The number of aldehydes is 1. The van der Waals surface area contributed by atoms with E-state index in [1.165, 1.54) is 12.1 Å². The van der Waals surface area contributed by atoms with Crippen molar-refractivity contribution in [2.24, 2.45) is 0 Å². The molecule has 0 bridgehead atoms. The average Bonchev–Trinajstić information content (AvgIpc) is 2.87. The van der Waals surface area contributed by atoms with Crippen LogP contribution in [0.5, 0.6) is 0 Å². The molecule has 2 rings (SSSR count). The van der Waals surface area contributed by atoms with E-state index in [4.69, 9.17) is 11.6 Å². The molecule has 4 nitrogen and oxygen atoms in total. The van der Waals surface area contributed by atoms with Crippen molar-refractivity contribution in [3.05, 3.63) is 40.4 Å². The minimum Gasteiger partial charge on any atom is -0.296 e. The lowest BCUT2D eigenvalue weighted by Crippen LogP contribution is -2.09. The highest BCUT2D eigenvalue weighted by Crippen LogP contribution is 2.28. The van der Waals surface area contributed by atoms with E-state index >= 15 is 0 Å².